The standard InChI is InChI=1S/C14H11ClN2O4/c1-8-2-4-10(7-13(8)17(20)21)16-12-5-3-9(15)6-11(12)14(18)19/h2-7,16H,1H3,(H,18,19). The lowest BCUT2D eigenvalue weighted by molar-refractivity contribution is -0.385. The second-order valence-electron chi connectivity index (χ2n) is 4.38. The molecule has 2 N–H and O–H groups in total. The molecule has 6 nitrogen and oxygen atoms in total. The highest BCUT2D eigenvalue weighted by molar-refractivity contribution is 6.31. The third-order valence-electron chi connectivity index (χ3n) is 2.90. The Kier molecular flexibility index (Phi) is 4.09. The number of carboxylic acids is 1. The van der Waals surface area contributed by atoms with Crippen LogP contribution >= 0.6 is 11.6 Å². The topological polar surface area (TPSA) is 92.5 Å². The highest BCUT2D eigenvalue weighted by Gasteiger charge is 2.14. The van der Waals surface area contributed by atoms with Gasteiger partial charge in [-0.2, -0.15) is 0 Å². The van der Waals surface area contributed by atoms with E-state index in [0.29, 0.717) is 22.0 Å². The van der Waals surface area contributed by atoms with Crippen LogP contribution < -0.4 is 5.32 Å². The van der Waals surface area contributed by atoms with Gasteiger partial charge in [-0.3, -0.25) is 10.1 Å². The molecule has 0 aliphatic carbocycles. The van der Waals surface area contributed by atoms with E-state index in [4.69, 9.17) is 16.7 Å². The molecule has 108 valence electrons. The molecule has 0 amide bonds. The van der Waals surface area contributed by atoms with Crippen molar-refractivity contribution in [1.29, 1.82) is 0 Å². The van der Waals surface area contributed by atoms with Crippen LogP contribution in [0.2, 0.25) is 5.02 Å². The predicted molar refractivity (Wildman–Crippen MR) is 79.5 cm³/mol. The van der Waals surface area contributed by atoms with Gasteiger partial charge in [-0.25, -0.2) is 4.79 Å². The van der Waals surface area contributed by atoms with Gasteiger partial charge in [-0.15, -0.1) is 0 Å². The summed E-state index contributed by atoms with van der Waals surface area (Å²) in [6.45, 7) is 1.63. The van der Waals surface area contributed by atoms with E-state index in [-0.39, 0.29) is 11.3 Å². The Labute approximate surface area is 125 Å². The van der Waals surface area contributed by atoms with Crippen LogP contribution in [0.5, 0.6) is 0 Å². The van der Waals surface area contributed by atoms with E-state index in [1.54, 1.807) is 25.1 Å². The summed E-state index contributed by atoms with van der Waals surface area (Å²) in [5.41, 5.74) is 1.22. The summed E-state index contributed by atoms with van der Waals surface area (Å²) < 4.78 is 0. The fraction of sp³-hybridized carbons (Fsp3) is 0.0714. The molecular weight excluding hydrogens is 296 g/mol. The number of nitrogens with one attached hydrogen (secondary N) is 1. The number of aromatic carboxylic acids is 1. The Hall–Kier alpha value is -2.60. The molecule has 0 radical (unpaired) electrons. The van der Waals surface area contributed by atoms with Crippen LogP contribution in [0.25, 0.3) is 0 Å². The zero-order valence-electron chi connectivity index (χ0n) is 11.0. The SMILES string of the molecule is Cc1ccc(Nc2ccc(Cl)cc2C(=O)O)cc1[N+](=O)[O-]. The summed E-state index contributed by atoms with van der Waals surface area (Å²) in [6, 6.07) is 8.96. The molecule has 0 unspecified atom stereocenters. The number of aryl methyl sites for hydroxylation is 1. The number of hydrogen-bond donors (Lipinski definition) is 2. The van der Waals surface area contributed by atoms with Gasteiger partial charge in [0, 0.05) is 22.3 Å². The van der Waals surface area contributed by atoms with Gasteiger partial charge in [0.05, 0.1) is 16.2 Å². The maximum Gasteiger partial charge on any atom is 0.337 e. The van der Waals surface area contributed by atoms with Crippen LogP contribution in [-0.4, -0.2) is 16.0 Å². The lowest BCUT2D eigenvalue weighted by atomic mass is 10.1. The Morgan fingerprint density at radius 3 is 2.62 bits per heavy atom. The van der Waals surface area contributed by atoms with Gasteiger partial charge >= 0.3 is 5.97 Å². The van der Waals surface area contributed by atoms with Crippen molar-refractivity contribution < 1.29 is 14.8 Å². The summed E-state index contributed by atoms with van der Waals surface area (Å²) in [5, 5.41) is 23.2. The first-order valence-electron chi connectivity index (χ1n) is 5.93. The fourth-order valence-electron chi connectivity index (χ4n) is 1.84. The van der Waals surface area contributed by atoms with Crippen molar-refractivity contribution in [3.8, 4) is 0 Å². The number of carboxylic acid groups (broad SMARTS) is 1. The van der Waals surface area contributed by atoms with Crippen LogP contribution in [-0.2, 0) is 0 Å². The molecule has 21 heavy (non-hydrogen) atoms. The zero-order chi connectivity index (χ0) is 15.6. The van der Waals surface area contributed by atoms with Gasteiger partial charge in [-0.05, 0) is 31.2 Å². The normalized spacial score (nSPS) is 10.2. The molecule has 2 aromatic rings. The monoisotopic (exact) mass is 306 g/mol. The van der Waals surface area contributed by atoms with Gasteiger partial charge < -0.3 is 10.4 Å². The summed E-state index contributed by atoms with van der Waals surface area (Å²) in [7, 11) is 0. The number of hydrogen-bond acceptors (Lipinski definition) is 4. The minimum absolute atomic E-state index is 0.00859. The fourth-order valence-corrected chi connectivity index (χ4v) is 2.01. The number of carbonyl (C=O) groups is 1. The first-order valence-corrected chi connectivity index (χ1v) is 6.31. The molecule has 0 aliphatic rings. The second kappa shape index (κ2) is 5.80. The maximum absolute atomic E-state index is 11.2. The average molecular weight is 307 g/mol. The number of anilines is 2. The maximum atomic E-state index is 11.2. The van der Waals surface area contributed by atoms with Crippen LogP contribution in [0, 0.1) is 17.0 Å². The van der Waals surface area contributed by atoms with Crippen LogP contribution in [0.15, 0.2) is 36.4 Å². The third kappa shape index (κ3) is 3.29. The Morgan fingerprint density at radius 2 is 2.00 bits per heavy atom. The van der Waals surface area contributed by atoms with Crippen molar-refractivity contribution in [3.05, 3.63) is 62.7 Å². The number of benzene rings is 2. The molecule has 0 saturated carbocycles. The van der Waals surface area contributed by atoms with E-state index < -0.39 is 10.9 Å². The van der Waals surface area contributed by atoms with E-state index in [0.717, 1.165) is 0 Å². The zero-order valence-corrected chi connectivity index (χ0v) is 11.7. The van der Waals surface area contributed by atoms with Crippen molar-refractivity contribution >= 4 is 34.6 Å². The minimum atomic E-state index is -1.14. The number of nitrogens with zero attached hydrogens (tertiary/aromatic N) is 1. The Morgan fingerprint density at radius 1 is 1.29 bits per heavy atom. The molecule has 7 heteroatoms. The molecule has 0 fully saturated rings. The lowest BCUT2D eigenvalue weighted by Gasteiger charge is -2.10. The Balaban J connectivity index is 2.41. The van der Waals surface area contributed by atoms with Crippen molar-refractivity contribution in [3.63, 3.8) is 0 Å². The summed E-state index contributed by atoms with van der Waals surface area (Å²) in [5.74, 6) is -1.14. The van der Waals surface area contributed by atoms with Crippen LogP contribution in [0.1, 0.15) is 15.9 Å². The van der Waals surface area contributed by atoms with Crippen LogP contribution in [0.4, 0.5) is 17.1 Å². The summed E-state index contributed by atoms with van der Waals surface area (Å²) in [4.78, 5) is 21.6. The van der Waals surface area contributed by atoms with Crippen molar-refractivity contribution in [2.75, 3.05) is 5.32 Å². The Bertz CT molecular complexity index is 731. The molecule has 2 aromatic carbocycles. The van der Waals surface area contributed by atoms with E-state index in [1.807, 2.05) is 0 Å². The van der Waals surface area contributed by atoms with E-state index in [2.05, 4.69) is 5.32 Å². The van der Waals surface area contributed by atoms with Crippen molar-refractivity contribution in [1.82, 2.24) is 0 Å². The van der Waals surface area contributed by atoms with Crippen molar-refractivity contribution in [2.24, 2.45) is 0 Å². The molecule has 0 heterocycles. The molecule has 2 rings (SSSR count). The minimum Gasteiger partial charge on any atom is -0.478 e. The number of halogens is 1. The lowest BCUT2D eigenvalue weighted by Crippen LogP contribution is -2.03. The molecule has 0 saturated heterocycles. The smallest absolute Gasteiger partial charge is 0.337 e. The highest BCUT2D eigenvalue weighted by Crippen LogP contribution is 2.28. The van der Waals surface area contributed by atoms with E-state index >= 15 is 0 Å². The molecular formula is C14H11ClN2O4. The largest absolute Gasteiger partial charge is 0.478 e. The molecule has 0 atom stereocenters. The second-order valence-corrected chi connectivity index (χ2v) is 4.81. The quantitative estimate of drug-likeness (QED) is 0.658. The van der Waals surface area contributed by atoms with E-state index in [1.165, 1.54) is 18.2 Å². The van der Waals surface area contributed by atoms with Crippen molar-refractivity contribution in [2.45, 2.75) is 6.92 Å². The molecule has 0 aromatic heterocycles. The summed E-state index contributed by atoms with van der Waals surface area (Å²) >= 11 is 5.77. The van der Waals surface area contributed by atoms with Crippen LogP contribution in [0.3, 0.4) is 0 Å². The predicted octanol–water partition coefficient (Wildman–Crippen LogP) is 4.00. The number of nitro groups is 1. The van der Waals surface area contributed by atoms with Gasteiger partial charge in [0.2, 0.25) is 0 Å². The number of nitro benzene ring substituents is 1. The van der Waals surface area contributed by atoms with E-state index in [9.17, 15) is 14.9 Å². The van der Waals surface area contributed by atoms with Gasteiger partial charge in [0.25, 0.3) is 5.69 Å². The highest BCUT2D eigenvalue weighted by atomic mass is 35.5. The first kappa shape index (κ1) is 14.8. The van der Waals surface area contributed by atoms with Gasteiger partial charge in [0.15, 0.2) is 0 Å². The van der Waals surface area contributed by atoms with Gasteiger partial charge in [0.1, 0.15) is 0 Å². The summed E-state index contributed by atoms with van der Waals surface area (Å²) in [6.07, 6.45) is 0. The third-order valence-corrected chi connectivity index (χ3v) is 3.13. The molecule has 0 aliphatic heterocycles. The number of rotatable bonds is 4. The molecule has 0 spiro atoms. The van der Waals surface area contributed by atoms with Gasteiger partial charge in [-0.1, -0.05) is 17.7 Å². The average Bonchev–Trinajstić information content (AvgIpc) is 2.42. The first-order chi connectivity index (χ1) is 9.88. The molecule has 0 bridgehead atoms.